The van der Waals surface area contributed by atoms with Crippen molar-refractivity contribution in [1.82, 2.24) is 0 Å². The van der Waals surface area contributed by atoms with Crippen molar-refractivity contribution in [3.8, 4) is 17.6 Å². The number of aryl methyl sites for hydroxylation is 1. The fourth-order valence-electron chi connectivity index (χ4n) is 12.2. The Kier molecular flexibility index (Phi) is 15.9. The van der Waals surface area contributed by atoms with Crippen molar-refractivity contribution in [3.05, 3.63) is 76.9 Å². The lowest BCUT2D eigenvalue weighted by molar-refractivity contribution is -0.151. The molecule has 6 rings (SSSR count). The highest BCUT2D eigenvalue weighted by Gasteiger charge is 2.59. The van der Waals surface area contributed by atoms with Gasteiger partial charge < -0.3 is 9.47 Å². The van der Waals surface area contributed by atoms with E-state index in [0.717, 1.165) is 104 Å². The molecule has 2 aromatic rings. The lowest BCUT2D eigenvalue weighted by Crippen LogP contribution is -2.51. The zero-order chi connectivity index (χ0) is 40.3. The zero-order valence-corrected chi connectivity index (χ0v) is 37.0. The third kappa shape index (κ3) is 11.4. The SMILES string of the molecule is CCCCCc1ccc(C#Cc2ccc(OCCCCCCCC(=O)O[C@H]3CC[C@@]4(C)C(=CC[C@H]5[C@@H]6CC[C@H]([C@H](C)CCCC(C)C)[C@@]6(C)CC[C@@H]54)C3)cc2)cc1. The zero-order valence-electron chi connectivity index (χ0n) is 37.0. The molecule has 3 nitrogen and oxygen atoms in total. The van der Waals surface area contributed by atoms with Crippen LogP contribution in [0.1, 0.15) is 187 Å². The Bertz CT molecular complexity index is 1640. The van der Waals surface area contributed by atoms with E-state index in [1.807, 2.05) is 24.3 Å². The molecule has 57 heavy (non-hydrogen) atoms. The number of carbonyl (C=O) groups excluding carboxylic acids is 1. The van der Waals surface area contributed by atoms with E-state index in [4.69, 9.17) is 9.47 Å². The van der Waals surface area contributed by atoms with Crippen LogP contribution >= 0.6 is 0 Å². The van der Waals surface area contributed by atoms with Crippen LogP contribution in [-0.4, -0.2) is 18.7 Å². The van der Waals surface area contributed by atoms with E-state index >= 15 is 0 Å². The van der Waals surface area contributed by atoms with Crippen LogP contribution < -0.4 is 4.74 Å². The third-order valence-electron chi connectivity index (χ3n) is 15.6. The molecule has 0 radical (unpaired) electrons. The Morgan fingerprint density at radius 2 is 1.49 bits per heavy atom. The second-order valence-electron chi connectivity index (χ2n) is 19.9. The average Bonchev–Trinajstić information content (AvgIpc) is 3.56. The predicted molar refractivity (Wildman–Crippen MR) is 238 cm³/mol. The van der Waals surface area contributed by atoms with Crippen molar-refractivity contribution in [3.63, 3.8) is 0 Å². The second-order valence-corrected chi connectivity index (χ2v) is 19.9. The first-order valence-corrected chi connectivity index (χ1v) is 23.8. The number of hydrogen-bond donors (Lipinski definition) is 0. The molecule has 3 saturated carbocycles. The summed E-state index contributed by atoms with van der Waals surface area (Å²) in [5.74, 6) is 12.6. The molecule has 0 aromatic heterocycles. The van der Waals surface area contributed by atoms with E-state index in [0.29, 0.717) is 23.9 Å². The fraction of sp³-hybridized carbons (Fsp3) is 0.685. The van der Waals surface area contributed by atoms with Gasteiger partial charge in [0.05, 0.1) is 6.61 Å². The van der Waals surface area contributed by atoms with Gasteiger partial charge in [-0.25, -0.2) is 0 Å². The lowest BCUT2D eigenvalue weighted by atomic mass is 9.47. The summed E-state index contributed by atoms with van der Waals surface area (Å²) < 4.78 is 12.2. The number of fused-ring (bicyclic) bond motifs is 5. The van der Waals surface area contributed by atoms with Crippen LogP contribution in [0.2, 0.25) is 0 Å². The molecule has 3 heteroatoms. The Morgan fingerprint density at radius 1 is 0.772 bits per heavy atom. The second kappa shape index (κ2) is 20.8. The van der Waals surface area contributed by atoms with E-state index < -0.39 is 0 Å². The van der Waals surface area contributed by atoms with Crippen LogP contribution in [0.5, 0.6) is 5.75 Å². The summed E-state index contributed by atoms with van der Waals surface area (Å²) in [4.78, 5) is 12.9. The maximum Gasteiger partial charge on any atom is 0.306 e. The number of allylic oxidation sites excluding steroid dienone is 1. The molecular formula is C54H78O3. The van der Waals surface area contributed by atoms with E-state index in [9.17, 15) is 4.79 Å². The normalized spacial score (nSPS) is 28.3. The van der Waals surface area contributed by atoms with E-state index in [1.54, 1.807) is 5.57 Å². The Balaban J connectivity index is 0.842. The highest BCUT2D eigenvalue weighted by atomic mass is 16.5. The van der Waals surface area contributed by atoms with E-state index in [-0.39, 0.29) is 12.1 Å². The summed E-state index contributed by atoms with van der Waals surface area (Å²) >= 11 is 0. The lowest BCUT2D eigenvalue weighted by Gasteiger charge is -2.58. The first-order chi connectivity index (χ1) is 27.6. The molecule has 312 valence electrons. The summed E-state index contributed by atoms with van der Waals surface area (Å²) in [6, 6.07) is 16.8. The predicted octanol–water partition coefficient (Wildman–Crippen LogP) is 14.5. The van der Waals surface area contributed by atoms with Gasteiger partial charge in [-0.15, -0.1) is 0 Å². The summed E-state index contributed by atoms with van der Waals surface area (Å²) in [5.41, 5.74) is 5.91. The van der Waals surface area contributed by atoms with Crippen molar-refractivity contribution >= 4 is 5.97 Å². The molecule has 0 heterocycles. The topological polar surface area (TPSA) is 35.5 Å². The summed E-state index contributed by atoms with van der Waals surface area (Å²) in [6.07, 6.45) is 27.8. The standard InChI is InChI=1S/C54H78O3/c1-7-8-12-18-42-20-22-43(23-21-42)24-25-44-26-29-46(30-27-44)56-38-14-11-9-10-13-19-52(55)57-47-34-36-53(5)45(39-47)28-31-48-50-33-32-49(41(4)17-15-16-40(2)3)54(50,6)37-35-51(48)53/h20-23,26-30,40-41,47-51H,7-19,31-39H2,1-6H3/t41-,47+,48+,49-,50+,51+,53+,54-/m1/s1. The van der Waals surface area contributed by atoms with Crippen LogP contribution in [0.15, 0.2) is 60.2 Å². The molecule has 2 aromatic carbocycles. The van der Waals surface area contributed by atoms with Crippen molar-refractivity contribution in [2.24, 2.45) is 46.3 Å². The van der Waals surface area contributed by atoms with Crippen molar-refractivity contribution in [2.45, 2.75) is 182 Å². The maximum absolute atomic E-state index is 12.9. The molecule has 0 saturated heterocycles. The van der Waals surface area contributed by atoms with Gasteiger partial charge in [0.15, 0.2) is 0 Å². The number of esters is 1. The van der Waals surface area contributed by atoms with Crippen LogP contribution in [0.4, 0.5) is 0 Å². The molecule has 0 spiro atoms. The number of hydrogen-bond acceptors (Lipinski definition) is 3. The fourth-order valence-corrected chi connectivity index (χ4v) is 12.2. The van der Waals surface area contributed by atoms with Gasteiger partial charge in [0.1, 0.15) is 11.9 Å². The summed E-state index contributed by atoms with van der Waals surface area (Å²) in [5, 5.41) is 0. The molecule has 0 aliphatic heterocycles. The molecule has 4 aliphatic carbocycles. The first-order valence-electron chi connectivity index (χ1n) is 23.8. The minimum absolute atomic E-state index is 0.0121. The van der Waals surface area contributed by atoms with Crippen LogP contribution in [0.3, 0.4) is 0 Å². The summed E-state index contributed by atoms with van der Waals surface area (Å²) in [7, 11) is 0. The minimum atomic E-state index is 0.0121. The van der Waals surface area contributed by atoms with Crippen molar-refractivity contribution in [2.75, 3.05) is 6.61 Å². The van der Waals surface area contributed by atoms with Gasteiger partial charge in [-0.2, -0.15) is 0 Å². The van der Waals surface area contributed by atoms with Crippen LogP contribution in [0, 0.1) is 58.2 Å². The number of ether oxygens (including phenoxy) is 2. The Hall–Kier alpha value is -2.99. The third-order valence-corrected chi connectivity index (χ3v) is 15.6. The van der Waals surface area contributed by atoms with Crippen molar-refractivity contribution < 1.29 is 14.3 Å². The molecule has 0 unspecified atom stereocenters. The number of rotatable bonds is 19. The number of unbranched alkanes of at least 4 members (excludes halogenated alkanes) is 6. The molecule has 8 atom stereocenters. The average molecular weight is 775 g/mol. The van der Waals surface area contributed by atoms with Crippen LogP contribution in [0.25, 0.3) is 0 Å². The molecule has 0 amide bonds. The van der Waals surface area contributed by atoms with Gasteiger partial charge in [0.2, 0.25) is 0 Å². The van der Waals surface area contributed by atoms with Gasteiger partial charge in [0.25, 0.3) is 0 Å². The molecule has 0 bridgehead atoms. The maximum atomic E-state index is 12.9. The van der Waals surface area contributed by atoms with Crippen LogP contribution in [-0.2, 0) is 16.0 Å². The minimum Gasteiger partial charge on any atom is -0.494 e. The van der Waals surface area contributed by atoms with Gasteiger partial charge in [-0.1, -0.05) is 129 Å². The smallest absolute Gasteiger partial charge is 0.306 e. The highest BCUT2D eigenvalue weighted by molar-refractivity contribution is 5.69. The molecular weight excluding hydrogens is 697 g/mol. The van der Waals surface area contributed by atoms with Gasteiger partial charge in [-0.3, -0.25) is 4.79 Å². The molecule has 3 fully saturated rings. The van der Waals surface area contributed by atoms with Gasteiger partial charge >= 0.3 is 5.97 Å². The van der Waals surface area contributed by atoms with E-state index in [2.05, 4.69) is 83.7 Å². The molecule has 0 N–H and O–H groups in total. The van der Waals surface area contributed by atoms with Gasteiger partial charge in [0, 0.05) is 24.0 Å². The Morgan fingerprint density at radius 3 is 2.23 bits per heavy atom. The molecule has 4 aliphatic rings. The van der Waals surface area contributed by atoms with Gasteiger partial charge in [-0.05, 0) is 159 Å². The monoisotopic (exact) mass is 775 g/mol. The van der Waals surface area contributed by atoms with E-state index in [1.165, 1.54) is 82.6 Å². The van der Waals surface area contributed by atoms with Crippen molar-refractivity contribution in [1.29, 1.82) is 0 Å². The number of carbonyl (C=O) groups is 1. The highest BCUT2D eigenvalue weighted by Crippen LogP contribution is 2.67. The number of benzene rings is 2. The summed E-state index contributed by atoms with van der Waals surface area (Å²) in [6.45, 7) is 15.6. The largest absolute Gasteiger partial charge is 0.494 e. The first kappa shape index (κ1) is 43.6. The Labute approximate surface area is 348 Å². The quantitative estimate of drug-likeness (QED) is 0.0617.